The van der Waals surface area contributed by atoms with Gasteiger partial charge in [0.15, 0.2) is 1.41 Å². The third-order valence-electron chi connectivity index (χ3n) is 3.73. The van der Waals surface area contributed by atoms with Gasteiger partial charge in [-0.15, -0.1) is 11.3 Å². The summed E-state index contributed by atoms with van der Waals surface area (Å²) in [5, 5.41) is 9.83. The van der Waals surface area contributed by atoms with E-state index in [0.717, 1.165) is 13.8 Å². The van der Waals surface area contributed by atoms with Gasteiger partial charge in [-0.25, -0.2) is 0 Å². The molecule has 0 aromatic carbocycles. The number of carbonyl (C=O) groups is 1. The van der Waals surface area contributed by atoms with Crippen molar-refractivity contribution in [2.45, 2.75) is 45.9 Å². The molecule has 1 aliphatic rings. The zero-order valence-electron chi connectivity index (χ0n) is 30.6. The quantitative estimate of drug-likeness (QED) is 0.771. The molecule has 27 heavy (non-hydrogen) atoms. The lowest BCUT2D eigenvalue weighted by Crippen LogP contribution is -2.37. The molecule has 1 amide bonds. The zero-order chi connectivity index (χ0) is 33.7. The molecule has 0 bridgehead atoms. The smallest absolute Gasteiger partial charge is 0.268 e. The van der Waals surface area contributed by atoms with Crippen molar-refractivity contribution in [3.05, 3.63) is 27.3 Å². The number of carbonyl (C=O) groups excluding carboxylic acids is 1. The number of hydrogen-bond donors (Lipinski definition) is 2. The fourth-order valence-electron chi connectivity index (χ4n) is 2.44. The van der Waals surface area contributed by atoms with Gasteiger partial charge in [-0.2, -0.15) is 0 Å². The second kappa shape index (κ2) is 8.44. The summed E-state index contributed by atoms with van der Waals surface area (Å²) in [5.74, 6) is -5.54. The van der Waals surface area contributed by atoms with E-state index < -0.39 is 108 Å². The second-order valence-electron chi connectivity index (χ2n) is 5.75. The molecule has 3 rings (SSSR count). The van der Waals surface area contributed by atoms with Crippen LogP contribution in [0.3, 0.4) is 0 Å². The minimum absolute atomic E-state index is 0.0911. The molecule has 1 saturated heterocycles. The van der Waals surface area contributed by atoms with E-state index in [9.17, 15) is 14.7 Å². The number of aromatic hydroxyl groups is 1. The fourth-order valence-corrected chi connectivity index (χ4v) is 3.25. The van der Waals surface area contributed by atoms with E-state index in [1.807, 2.05) is 0 Å². The Bertz CT molecular complexity index is 1480. The lowest BCUT2D eigenvalue weighted by atomic mass is 9.99. The number of hydrogen-bond acceptors (Lipinski definition) is 5. The molecular formula is C20H29N3O3S. The van der Waals surface area contributed by atoms with E-state index in [1.165, 1.54) is 0 Å². The van der Waals surface area contributed by atoms with E-state index >= 15 is 0 Å². The number of rotatable bonds is 6. The highest BCUT2D eigenvalue weighted by Crippen LogP contribution is 2.31. The van der Waals surface area contributed by atoms with Crippen molar-refractivity contribution in [3.8, 4) is 5.75 Å². The molecule has 0 spiro atoms. The van der Waals surface area contributed by atoms with Gasteiger partial charge in [-0.1, -0.05) is 6.92 Å². The second-order valence-corrected chi connectivity index (χ2v) is 6.54. The zero-order valence-corrected chi connectivity index (χ0v) is 15.5. The number of nitrogens with zero attached hydrogens (tertiary/aromatic N) is 2. The van der Waals surface area contributed by atoms with E-state index in [0.29, 0.717) is 15.9 Å². The number of thiophene rings is 1. The van der Waals surface area contributed by atoms with Gasteiger partial charge in [0.2, 0.25) is 0 Å². The maximum absolute atomic E-state index is 13.4. The molecule has 6 nitrogen and oxygen atoms in total. The molecule has 7 heteroatoms. The number of piperidine rings is 1. The average Bonchev–Trinajstić information content (AvgIpc) is 3.12. The Morgan fingerprint density at radius 1 is 1.67 bits per heavy atom. The SMILES string of the molecule is [2H]c1sc2c(c1[2H])c(O)c(C(=O)N([2H])CCCN1C([2H])([2H])C([2H])([2H])C([2H])(C)C([2H])([2H])C1([2H])[2H])c(=O)n2C([2H])(C)C([2H])([2H])[2H]. The predicted molar refractivity (Wildman–Crippen MR) is 110 cm³/mol. The Morgan fingerprint density at radius 3 is 3.11 bits per heavy atom. The van der Waals surface area contributed by atoms with Crippen LogP contribution in [0.1, 0.15) is 76.8 Å². The Kier molecular flexibility index (Phi) is 2.46. The van der Waals surface area contributed by atoms with Crippen molar-refractivity contribution in [2.75, 3.05) is 26.1 Å². The molecule has 2 aromatic heterocycles. The molecule has 148 valence electrons. The van der Waals surface area contributed by atoms with Crippen LogP contribution in [0.25, 0.3) is 10.2 Å². The van der Waals surface area contributed by atoms with Crippen LogP contribution in [0.15, 0.2) is 16.2 Å². The van der Waals surface area contributed by atoms with Crippen LogP contribution >= 0.6 is 11.3 Å². The number of nitrogens with one attached hydrogen (secondary N) is 1. The molecule has 2 N–H and O–H groups in total. The molecule has 1 atom stereocenters. The largest absolute Gasteiger partial charge is 0.506 e. The van der Waals surface area contributed by atoms with Gasteiger partial charge < -0.3 is 15.3 Å². The van der Waals surface area contributed by atoms with Gasteiger partial charge in [-0.05, 0) is 69.8 Å². The van der Waals surface area contributed by atoms with Gasteiger partial charge >= 0.3 is 0 Å². The number of pyridine rings is 1. The maximum Gasteiger partial charge on any atom is 0.268 e. The number of likely N-dealkylation sites (tertiary alicyclic amines) is 1. The fraction of sp³-hybridized carbons (Fsp3) is 0.600. The molecule has 2 aromatic rings. The summed E-state index contributed by atoms with van der Waals surface area (Å²) in [6.07, 6.45) is -6.99. The van der Waals surface area contributed by atoms with Crippen LogP contribution in [0.2, 0.25) is 1.41 Å². The van der Waals surface area contributed by atoms with Gasteiger partial charge in [0.05, 0.1) is 9.50 Å². The lowest BCUT2D eigenvalue weighted by molar-refractivity contribution is 0.0946. The predicted octanol–water partition coefficient (Wildman–Crippen LogP) is 3.20. The summed E-state index contributed by atoms with van der Waals surface area (Å²) < 4.78 is 130. The first-order valence-corrected chi connectivity index (χ1v) is 8.83. The van der Waals surface area contributed by atoms with Crippen LogP contribution in [-0.4, -0.2) is 46.6 Å². The monoisotopic (exact) mass is 407 g/mol. The van der Waals surface area contributed by atoms with Crippen LogP contribution in [-0.2, 0) is 0 Å². The first-order valence-electron chi connectivity index (χ1n) is 16.0. The van der Waals surface area contributed by atoms with Crippen LogP contribution in [0.5, 0.6) is 5.75 Å². The molecule has 3 heterocycles. The molecule has 1 fully saturated rings. The summed E-state index contributed by atoms with van der Waals surface area (Å²) in [4.78, 5) is 26.5. The molecule has 0 saturated carbocycles. The van der Waals surface area contributed by atoms with E-state index in [4.69, 9.17) is 22.0 Å². The molecular weight excluding hydrogens is 362 g/mol. The number of amides is 1. The van der Waals surface area contributed by atoms with E-state index in [1.54, 1.807) is 0 Å². The van der Waals surface area contributed by atoms with Gasteiger partial charge in [0.25, 0.3) is 11.5 Å². The Balaban J connectivity index is 2.02. The van der Waals surface area contributed by atoms with E-state index in [-0.39, 0.29) is 10.2 Å². The highest BCUT2D eigenvalue weighted by molar-refractivity contribution is 7.16. The Labute approximate surface area is 186 Å². The maximum atomic E-state index is 13.4. The van der Waals surface area contributed by atoms with Crippen molar-refractivity contribution in [3.63, 3.8) is 0 Å². The molecule has 1 unspecified atom stereocenters. The Hall–Kier alpha value is -1.86. The van der Waals surface area contributed by atoms with Crippen LogP contribution < -0.4 is 10.9 Å². The number of aromatic nitrogens is 1. The lowest BCUT2D eigenvalue weighted by Gasteiger charge is -2.30. The van der Waals surface area contributed by atoms with E-state index in [2.05, 4.69) is 0 Å². The first-order chi connectivity index (χ1) is 19.0. The summed E-state index contributed by atoms with van der Waals surface area (Å²) in [7, 11) is 0. The summed E-state index contributed by atoms with van der Waals surface area (Å²) in [5.41, 5.74) is -2.68. The topological polar surface area (TPSA) is 74.6 Å². The van der Waals surface area contributed by atoms with Crippen molar-refractivity contribution < 1.29 is 31.9 Å². The van der Waals surface area contributed by atoms with Crippen molar-refractivity contribution in [1.82, 2.24) is 14.8 Å². The minimum atomic E-state index is -3.24. The third kappa shape index (κ3) is 4.19. The molecule has 0 aliphatic carbocycles. The van der Waals surface area contributed by atoms with Gasteiger partial charge in [0, 0.05) is 29.0 Å². The van der Waals surface area contributed by atoms with Gasteiger partial charge in [0.1, 0.15) is 16.1 Å². The Morgan fingerprint density at radius 2 is 2.41 bits per heavy atom. The average molecular weight is 408 g/mol. The van der Waals surface area contributed by atoms with Crippen molar-refractivity contribution >= 4 is 27.5 Å². The van der Waals surface area contributed by atoms with Crippen molar-refractivity contribution in [1.29, 1.82) is 0 Å². The highest BCUT2D eigenvalue weighted by atomic mass is 32.1. The first kappa shape index (κ1) is 7.87. The summed E-state index contributed by atoms with van der Waals surface area (Å²) in [6.45, 7) is -9.57. The van der Waals surface area contributed by atoms with Crippen LogP contribution in [0, 0.1) is 5.89 Å². The standard InChI is InChI=1S/C20H29N3O3S/c1-13(2)23-19(26)16(17(24)15-7-12-27-20(15)23)18(25)21-8-4-9-22-10-5-14(3)6-11-22/h7,12-14,24H,4-6,8-11H2,1-3H3,(H,21,25)/i1D3,5D2,6D2,7D,10D2,11D2,12D,13D,14D/hD. The van der Waals surface area contributed by atoms with Gasteiger partial charge in [-0.3, -0.25) is 14.2 Å². The highest BCUT2D eigenvalue weighted by Gasteiger charge is 2.23. The summed E-state index contributed by atoms with van der Waals surface area (Å²) >= 11 is 0.423. The summed E-state index contributed by atoms with van der Waals surface area (Å²) in [6, 6.07) is -3.42. The molecule has 0 radical (unpaired) electrons. The normalized spacial score (nSPS) is 36.2. The van der Waals surface area contributed by atoms with Crippen molar-refractivity contribution in [2.24, 2.45) is 5.89 Å². The minimum Gasteiger partial charge on any atom is -0.506 e. The number of fused-ring (bicyclic) bond motifs is 1. The van der Waals surface area contributed by atoms with Crippen LogP contribution in [0.4, 0.5) is 0 Å². The molecule has 1 aliphatic heterocycles. The third-order valence-corrected chi connectivity index (χ3v) is 4.52.